The van der Waals surface area contributed by atoms with Crippen LogP contribution in [0.15, 0.2) is 41.0 Å². The molecule has 2 heterocycles. The van der Waals surface area contributed by atoms with Gasteiger partial charge in [-0.15, -0.1) is 0 Å². The standard InChI is InChI=1S/C15H17BrN4O/c1-11-4-3-5-14(18-11)19-15(21)10-20(2)9-13-7-6-12(16)8-17-13/h3-8H,9-10H2,1-2H3,(H,18,19,21). The molecule has 6 heteroatoms. The first-order valence-electron chi connectivity index (χ1n) is 6.55. The lowest BCUT2D eigenvalue weighted by Crippen LogP contribution is -2.30. The molecule has 0 fully saturated rings. The second-order valence-corrected chi connectivity index (χ2v) is 5.77. The normalized spacial score (nSPS) is 10.7. The maximum absolute atomic E-state index is 12.0. The van der Waals surface area contributed by atoms with Crippen LogP contribution < -0.4 is 5.32 Å². The summed E-state index contributed by atoms with van der Waals surface area (Å²) in [6.45, 7) is 2.79. The van der Waals surface area contributed by atoms with Crippen LogP contribution in [0.2, 0.25) is 0 Å². The average molecular weight is 349 g/mol. The van der Waals surface area contributed by atoms with Gasteiger partial charge in [0.15, 0.2) is 0 Å². The molecule has 0 atom stereocenters. The van der Waals surface area contributed by atoms with E-state index in [2.05, 4.69) is 31.2 Å². The van der Waals surface area contributed by atoms with Gasteiger partial charge >= 0.3 is 0 Å². The fourth-order valence-corrected chi connectivity index (χ4v) is 2.11. The predicted octanol–water partition coefficient (Wildman–Crippen LogP) is 2.62. The number of carbonyl (C=O) groups excluding carboxylic acids is 1. The Bertz CT molecular complexity index is 615. The molecule has 2 aromatic heterocycles. The van der Waals surface area contributed by atoms with Crippen LogP contribution in [0.1, 0.15) is 11.4 Å². The summed E-state index contributed by atoms with van der Waals surface area (Å²) in [7, 11) is 1.88. The van der Waals surface area contributed by atoms with E-state index in [0.29, 0.717) is 12.4 Å². The minimum absolute atomic E-state index is 0.0901. The number of nitrogens with zero attached hydrogens (tertiary/aromatic N) is 3. The van der Waals surface area contributed by atoms with Gasteiger partial charge in [-0.25, -0.2) is 4.98 Å². The van der Waals surface area contributed by atoms with Gasteiger partial charge in [-0.2, -0.15) is 0 Å². The molecule has 0 bridgehead atoms. The topological polar surface area (TPSA) is 58.1 Å². The van der Waals surface area contributed by atoms with Crippen molar-refractivity contribution in [2.75, 3.05) is 18.9 Å². The Hall–Kier alpha value is -1.79. The van der Waals surface area contributed by atoms with Crippen molar-refractivity contribution in [2.24, 2.45) is 0 Å². The molecular formula is C15H17BrN4O. The lowest BCUT2D eigenvalue weighted by molar-refractivity contribution is -0.117. The molecular weight excluding hydrogens is 332 g/mol. The summed E-state index contributed by atoms with van der Waals surface area (Å²) in [5, 5.41) is 2.79. The molecule has 2 aromatic rings. The quantitative estimate of drug-likeness (QED) is 0.902. The van der Waals surface area contributed by atoms with Gasteiger partial charge in [0.2, 0.25) is 5.91 Å². The fraction of sp³-hybridized carbons (Fsp3) is 0.267. The Morgan fingerprint density at radius 2 is 2.14 bits per heavy atom. The fourth-order valence-electron chi connectivity index (χ4n) is 1.87. The first-order valence-corrected chi connectivity index (χ1v) is 7.35. The van der Waals surface area contributed by atoms with Crippen molar-refractivity contribution in [1.29, 1.82) is 0 Å². The van der Waals surface area contributed by atoms with Gasteiger partial charge in [0.05, 0.1) is 12.2 Å². The molecule has 21 heavy (non-hydrogen) atoms. The number of halogens is 1. The van der Waals surface area contributed by atoms with Crippen LogP contribution >= 0.6 is 15.9 Å². The smallest absolute Gasteiger partial charge is 0.239 e. The van der Waals surface area contributed by atoms with Crippen LogP contribution in [0.4, 0.5) is 5.82 Å². The molecule has 2 rings (SSSR count). The number of likely N-dealkylation sites (N-methyl/N-ethyl adjacent to an activating group) is 1. The summed E-state index contributed by atoms with van der Waals surface area (Å²) >= 11 is 3.35. The Labute approximate surface area is 132 Å². The molecule has 110 valence electrons. The van der Waals surface area contributed by atoms with E-state index < -0.39 is 0 Å². The largest absolute Gasteiger partial charge is 0.310 e. The monoisotopic (exact) mass is 348 g/mol. The lowest BCUT2D eigenvalue weighted by atomic mass is 10.3. The van der Waals surface area contributed by atoms with Crippen molar-refractivity contribution in [3.05, 3.63) is 52.4 Å². The van der Waals surface area contributed by atoms with Gasteiger partial charge in [-0.05, 0) is 54.2 Å². The molecule has 0 saturated heterocycles. The summed E-state index contributed by atoms with van der Waals surface area (Å²) in [6, 6.07) is 9.41. The van der Waals surface area contributed by atoms with Crippen LogP contribution in [0, 0.1) is 6.92 Å². The third-order valence-corrected chi connectivity index (χ3v) is 3.26. The van der Waals surface area contributed by atoms with Crippen LogP contribution in [-0.4, -0.2) is 34.4 Å². The van der Waals surface area contributed by atoms with Crippen molar-refractivity contribution >= 4 is 27.7 Å². The summed E-state index contributed by atoms with van der Waals surface area (Å²) in [5.74, 6) is 0.489. The maximum atomic E-state index is 12.0. The third kappa shape index (κ3) is 5.24. The van der Waals surface area contributed by atoms with E-state index in [-0.39, 0.29) is 12.5 Å². The number of aromatic nitrogens is 2. The van der Waals surface area contributed by atoms with Crippen molar-refractivity contribution in [2.45, 2.75) is 13.5 Å². The molecule has 0 unspecified atom stereocenters. The highest BCUT2D eigenvalue weighted by Gasteiger charge is 2.08. The Balaban J connectivity index is 1.86. The Morgan fingerprint density at radius 3 is 2.81 bits per heavy atom. The number of hydrogen-bond acceptors (Lipinski definition) is 4. The average Bonchev–Trinajstić information content (AvgIpc) is 2.41. The van der Waals surface area contributed by atoms with Crippen molar-refractivity contribution in [3.8, 4) is 0 Å². The van der Waals surface area contributed by atoms with E-state index in [1.54, 1.807) is 12.3 Å². The van der Waals surface area contributed by atoms with Crippen LogP contribution in [0.3, 0.4) is 0 Å². The lowest BCUT2D eigenvalue weighted by Gasteiger charge is -2.15. The molecule has 0 aliphatic heterocycles. The zero-order valence-electron chi connectivity index (χ0n) is 12.0. The highest BCUT2D eigenvalue weighted by molar-refractivity contribution is 9.10. The van der Waals surface area contributed by atoms with Crippen molar-refractivity contribution in [1.82, 2.24) is 14.9 Å². The van der Waals surface area contributed by atoms with Gasteiger partial charge in [-0.1, -0.05) is 6.07 Å². The number of carbonyl (C=O) groups is 1. The van der Waals surface area contributed by atoms with E-state index >= 15 is 0 Å². The van der Waals surface area contributed by atoms with Gasteiger partial charge in [-0.3, -0.25) is 14.7 Å². The number of hydrogen-bond donors (Lipinski definition) is 1. The third-order valence-electron chi connectivity index (χ3n) is 2.79. The van der Waals surface area contributed by atoms with Crippen molar-refractivity contribution < 1.29 is 4.79 Å². The highest BCUT2D eigenvalue weighted by atomic mass is 79.9. The van der Waals surface area contributed by atoms with E-state index in [4.69, 9.17) is 0 Å². The van der Waals surface area contributed by atoms with Crippen LogP contribution in [0.25, 0.3) is 0 Å². The Morgan fingerprint density at radius 1 is 1.33 bits per heavy atom. The minimum atomic E-state index is -0.0901. The van der Waals surface area contributed by atoms with E-state index in [0.717, 1.165) is 15.9 Å². The minimum Gasteiger partial charge on any atom is -0.310 e. The van der Waals surface area contributed by atoms with E-state index in [1.165, 1.54) is 0 Å². The van der Waals surface area contributed by atoms with Gasteiger partial charge in [0.25, 0.3) is 0 Å². The van der Waals surface area contributed by atoms with Gasteiger partial charge < -0.3 is 5.32 Å². The molecule has 0 spiro atoms. The first-order chi connectivity index (χ1) is 10.0. The molecule has 0 radical (unpaired) electrons. The number of anilines is 1. The number of pyridine rings is 2. The van der Waals surface area contributed by atoms with E-state index in [9.17, 15) is 4.79 Å². The maximum Gasteiger partial charge on any atom is 0.239 e. The molecule has 1 amide bonds. The summed E-state index contributed by atoms with van der Waals surface area (Å²) in [5.41, 5.74) is 1.79. The zero-order chi connectivity index (χ0) is 15.2. The molecule has 0 saturated carbocycles. The number of amides is 1. The van der Waals surface area contributed by atoms with Gasteiger partial charge in [0, 0.05) is 22.9 Å². The molecule has 1 N–H and O–H groups in total. The molecule has 0 aliphatic rings. The molecule has 5 nitrogen and oxygen atoms in total. The SMILES string of the molecule is Cc1cccc(NC(=O)CN(C)Cc2ccc(Br)cn2)n1. The van der Waals surface area contributed by atoms with Crippen LogP contribution in [-0.2, 0) is 11.3 Å². The second-order valence-electron chi connectivity index (χ2n) is 4.85. The molecule has 0 aromatic carbocycles. The second kappa shape index (κ2) is 7.28. The Kier molecular flexibility index (Phi) is 5.41. The highest BCUT2D eigenvalue weighted by Crippen LogP contribution is 2.09. The molecule has 0 aliphatic carbocycles. The zero-order valence-corrected chi connectivity index (χ0v) is 13.6. The summed E-state index contributed by atoms with van der Waals surface area (Å²) in [6.07, 6.45) is 1.75. The number of rotatable bonds is 5. The van der Waals surface area contributed by atoms with E-state index in [1.807, 2.05) is 43.1 Å². The summed E-state index contributed by atoms with van der Waals surface area (Å²) < 4.78 is 0.942. The number of nitrogens with one attached hydrogen (secondary N) is 1. The number of aryl methyl sites for hydroxylation is 1. The predicted molar refractivity (Wildman–Crippen MR) is 85.9 cm³/mol. The van der Waals surface area contributed by atoms with Crippen molar-refractivity contribution in [3.63, 3.8) is 0 Å². The summed E-state index contributed by atoms with van der Waals surface area (Å²) in [4.78, 5) is 22.4. The first kappa shape index (κ1) is 15.6. The van der Waals surface area contributed by atoms with Crippen LogP contribution in [0.5, 0.6) is 0 Å². The van der Waals surface area contributed by atoms with Gasteiger partial charge in [0.1, 0.15) is 5.82 Å².